The summed E-state index contributed by atoms with van der Waals surface area (Å²) in [4.78, 5) is 3.74. The number of aromatic nitrogens is 2. The van der Waals surface area contributed by atoms with E-state index in [4.69, 9.17) is 17.3 Å². The summed E-state index contributed by atoms with van der Waals surface area (Å²) in [5.41, 5.74) is 5.82. The van der Waals surface area contributed by atoms with E-state index in [9.17, 15) is 8.42 Å². The van der Waals surface area contributed by atoms with Crippen molar-refractivity contribution in [3.63, 3.8) is 0 Å². The van der Waals surface area contributed by atoms with Gasteiger partial charge in [-0.05, 0) is 18.2 Å². The predicted molar refractivity (Wildman–Crippen MR) is 77.6 cm³/mol. The number of nitrogens with one attached hydrogen (secondary N) is 1. The van der Waals surface area contributed by atoms with Crippen molar-refractivity contribution in [3.8, 4) is 0 Å². The van der Waals surface area contributed by atoms with Crippen LogP contribution >= 0.6 is 27.5 Å². The SMILES string of the molecule is Cn1cnc(N)c1S(=O)(=O)Nc1ccc(Br)cc1Cl. The zero-order valence-corrected chi connectivity index (χ0v) is 12.9. The summed E-state index contributed by atoms with van der Waals surface area (Å²) in [6.45, 7) is 0. The Hall–Kier alpha value is -1.25. The minimum Gasteiger partial charge on any atom is -0.381 e. The first-order chi connectivity index (χ1) is 8.81. The molecule has 0 aliphatic heterocycles. The molecule has 0 aliphatic rings. The maximum atomic E-state index is 12.2. The third kappa shape index (κ3) is 2.85. The van der Waals surface area contributed by atoms with E-state index in [1.807, 2.05) is 0 Å². The summed E-state index contributed by atoms with van der Waals surface area (Å²) in [6, 6.07) is 4.82. The molecule has 3 N–H and O–H groups in total. The molecule has 0 radical (unpaired) electrons. The molecule has 0 saturated carbocycles. The smallest absolute Gasteiger partial charge is 0.281 e. The van der Waals surface area contributed by atoms with Crippen molar-refractivity contribution in [1.82, 2.24) is 9.55 Å². The first-order valence-corrected chi connectivity index (χ1v) is 7.71. The van der Waals surface area contributed by atoms with Crippen LogP contribution in [0.5, 0.6) is 0 Å². The Labute approximate surface area is 123 Å². The average molecular weight is 366 g/mol. The highest BCUT2D eigenvalue weighted by molar-refractivity contribution is 9.10. The monoisotopic (exact) mass is 364 g/mol. The van der Waals surface area contributed by atoms with E-state index in [0.29, 0.717) is 0 Å². The fraction of sp³-hybridized carbons (Fsp3) is 0.100. The van der Waals surface area contributed by atoms with E-state index < -0.39 is 10.0 Å². The highest BCUT2D eigenvalue weighted by atomic mass is 79.9. The zero-order valence-electron chi connectivity index (χ0n) is 9.76. The third-order valence-electron chi connectivity index (χ3n) is 2.34. The van der Waals surface area contributed by atoms with Crippen molar-refractivity contribution >= 4 is 49.1 Å². The Kier molecular flexibility index (Phi) is 3.75. The van der Waals surface area contributed by atoms with Gasteiger partial charge in [-0.1, -0.05) is 27.5 Å². The van der Waals surface area contributed by atoms with Gasteiger partial charge in [0.05, 0.1) is 17.0 Å². The summed E-state index contributed by atoms with van der Waals surface area (Å²) in [5, 5.41) is 0.171. The molecule has 1 aromatic heterocycles. The van der Waals surface area contributed by atoms with Crippen LogP contribution in [0.2, 0.25) is 5.02 Å². The molecule has 0 saturated heterocycles. The van der Waals surface area contributed by atoms with Crippen molar-refractivity contribution in [2.45, 2.75) is 5.03 Å². The minimum absolute atomic E-state index is 0.0664. The number of anilines is 2. The van der Waals surface area contributed by atoms with Gasteiger partial charge >= 0.3 is 0 Å². The molecule has 9 heteroatoms. The molecular weight excluding hydrogens is 356 g/mol. The van der Waals surface area contributed by atoms with E-state index in [1.165, 1.54) is 10.9 Å². The Morgan fingerprint density at radius 1 is 1.47 bits per heavy atom. The van der Waals surface area contributed by atoms with Crippen molar-refractivity contribution in [2.24, 2.45) is 7.05 Å². The molecular formula is C10H10BrClN4O2S. The Balaban J connectivity index is 2.42. The van der Waals surface area contributed by atoms with E-state index in [-0.39, 0.29) is 21.6 Å². The molecule has 102 valence electrons. The van der Waals surface area contributed by atoms with Gasteiger partial charge in [0, 0.05) is 11.5 Å². The summed E-state index contributed by atoms with van der Waals surface area (Å²) < 4.78 is 28.9. The summed E-state index contributed by atoms with van der Waals surface area (Å²) in [5.74, 6) is -0.0664. The molecule has 2 rings (SSSR count). The maximum Gasteiger partial charge on any atom is 0.281 e. The molecule has 0 amide bonds. The van der Waals surface area contributed by atoms with Crippen LogP contribution in [0.3, 0.4) is 0 Å². The van der Waals surface area contributed by atoms with E-state index in [1.54, 1.807) is 25.2 Å². The third-order valence-corrected chi connectivity index (χ3v) is 4.64. The quantitative estimate of drug-likeness (QED) is 0.872. The molecule has 6 nitrogen and oxygen atoms in total. The van der Waals surface area contributed by atoms with Crippen LogP contribution in [0, 0.1) is 0 Å². The normalized spacial score (nSPS) is 11.5. The van der Waals surface area contributed by atoms with Gasteiger partial charge in [-0.2, -0.15) is 8.42 Å². The number of hydrogen-bond acceptors (Lipinski definition) is 4. The second kappa shape index (κ2) is 5.03. The van der Waals surface area contributed by atoms with Gasteiger partial charge in [-0.3, -0.25) is 4.72 Å². The lowest BCUT2D eigenvalue weighted by Crippen LogP contribution is -2.17. The van der Waals surface area contributed by atoms with E-state index in [0.717, 1.165) is 4.47 Å². The van der Waals surface area contributed by atoms with Gasteiger partial charge in [0.1, 0.15) is 0 Å². The van der Waals surface area contributed by atoms with Gasteiger partial charge < -0.3 is 10.3 Å². The number of hydrogen-bond donors (Lipinski definition) is 2. The van der Waals surface area contributed by atoms with Crippen molar-refractivity contribution in [3.05, 3.63) is 34.0 Å². The number of imidazole rings is 1. The number of rotatable bonds is 3. The van der Waals surface area contributed by atoms with Gasteiger partial charge in [-0.25, -0.2) is 4.98 Å². The lowest BCUT2D eigenvalue weighted by molar-refractivity contribution is 0.592. The van der Waals surface area contributed by atoms with Crippen molar-refractivity contribution in [1.29, 1.82) is 0 Å². The fourth-order valence-corrected chi connectivity index (χ4v) is 3.62. The highest BCUT2D eigenvalue weighted by Crippen LogP contribution is 2.28. The van der Waals surface area contributed by atoms with Crippen LogP contribution in [0.25, 0.3) is 0 Å². The zero-order chi connectivity index (χ0) is 14.2. The summed E-state index contributed by atoms with van der Waals surface area (Å²) >= 11 is 9.21. The van der Waals surface area contributed by atoms with Gasteiger partial charge in [0.25, 0.3) is 10.0 Å². The lowest BCUT2D eigenvalue weighted by Gasteiger charge is -2.10. The standard InChI is InChI=1S/C10H10BrClN4O2S/c1-16-5-14-9(13)10(16)19(17,18)15-8-3-2-6(11)4-7(8)12/h2-5,15H,13H2,1H3. The Morgan fingerprint density at radius 3 is 2.68 bits per heavy atom. The van der Waals surface area contributed by atoms with E-state index in [2.05, 4.69) is 25.6 Å². The van der Waals surface area contributed by atoms with Crippen molar-refractivity contribution in [2.75, 3.05) is 10.5 Å². The molecule has 1 heterocycles. The fourth-order valence-electron chi connectivity index (χ4n) is 1.53. The molecule has 0 spiro atoms. The molecule has 19 heavy (non-hydrogen) atoms. The number of aryl methyl sites for hydroxylation is 1. The second-order valence-electron chi connectivity index (χ2n) is 3.78. The Bertz CT molecular complexity index is 710. The molecule has 0 unspecified atom stereocenters. The molecule has 1 aromatic carbocycles. The van der Waals surface area contributed by atoms with Gasteiger partial charge in [0.2, 0.25) is 0 Å². The number of halogens is 2. The van der Waals surface area contributed by atoms with E-state index >= 15 is 0 Å². The molecule has 0 bridgehead atoms. The van der Waals surface area contributed by atoms with Gasteiger partial charge in [0.15, 0.2) is 10.8 Å². The summed E-state index contributed by atoms with van der Waals surface area (Å²) in [6.07, 6.45) is 1.33. The first kappa shape index (κ1) is 14.2. The Morgan fingerprint density at radius 2 is 2.16 bits per heavy atom. The number of nitrogen functional groups attached to an aromatic ring is 1. The molecule has 0 atom stereocenters. The first-order valence-electron chi connectivity index (χ1n) is 5.06. The maximum absolute atomic E-state index is 12.2. The summed E-state index contributed by atoms with van der Waals surface area (Å²) in [7, 11) is -2.30. The highest BCUT2D eigenvalue weighted by Gasteiger charge is 2.23. The molecule has 0 aliphatic carbocycles. The second-order valence-corrected chi connectivity index (χ2v) is 6.70. The molecule has 2 aromatic rings. The number of nitrogens with zero attached hydrogens (tertiary/aromatic N) is 2. The lowest BCUT2D eigenvalue weighted by atomic mass is 10.3. The van der Waals surface area contributed by atoms with Crippen LogP contribution < -0.4 is 10.5 Å². The largest absolute Gasteiger partial charge is 0.381 e. The molecule has 0 fully saturated rings. The topological polar surface area (TPSA) is 90.0 Å². The van der Waals surface area contributed by atoms with Gasteiger partial charge in [-0.15, -0.1) is 0 Å². The van der Waals surface area contributed by atoms with Crippen LogP contribution in [0.15, 0.2) is 34.0 Å². The minimum atomic E-state index is -3.84. The predicted octanol–water partition coefficient (Wildman–Crippen LogP) is 2.22. The number of sulfonamides is 1. The van der Waals surface area contributed by atoms with Crippen LogP contribution in [0.4, 0.5) is 11.5 Å². The average Bonchev–Trinajstić information content (AvgIpc) is 2.63. The van der Waals surface area contributed by atoms with Crippen LogP contribution in [0.1, 0.15) is 0 Å². The number of nitrogens with two attached hydrogens (primary N) is 1. The van der Waals surface area contributed by atoms with Crippen LogP contribution in [-0.2, 0) is 17.1 Å². The van der Waals surface area contributed by atoms with Crippen molar-refractivity contribution < 1.29 is 8.42 Å². The number of benzene rings is 1. The van der Waals surface area contributed by atoms with Crippen LogP contribution in [-0.4, -0.2) is 18.0 Å².